The molecular weight excluding hydrogens is 1370 g/mol. The number of phenolic OH excluding ortho intramolecular Hbond substituents is 3. The Kier molecular flexibility index (Phi) is 24.4. The predicted molar refractivity (Wildman–Crippen MR) is 355 cm³/mol. The Labute approximate surface area is 588 Å². The molecule has 0 spiro atoms. The number of ether oxygens (including phenoxy) is 7. The van der Waals surface area contributed by atoms with Crippen molar-refractivity contribution in [3.05, 3.63) is 117 Å². The summed E-state index contributed by atoms with van der Waals surface area (Å²) >= 11 is 14.1. The molecule has 544 valence electrons. The Morgan fingerprint density at radius 1 is 0.792 bits per heavy atom. The number of rotatable bonds is 15. The number of hydrogen-bond acceptors (Lipinski definition) is 26. The van der Waals surface area contributed by atoms with E-state index in [-0.39, 0.29) is 85.7 Å². The number of amides is 4. The minimum Gasteiger partial charge on any atom is -0.508 e. The van der Waals surface area contributed by atoms with Gasteiger partial charge >= 0.3 is 0 Å². The fourth-order valence-corrected chi connectivity index (χ4v) is 13.1. The maximum atomic E-state index is 16.0. The van der Waals surface area contributed by atoms with Crippen molar-refractivity contribution in [3.63, 3.8) is 0 Å². The molecule has 5 aromatic carbocycles. The second-order valence-electron chi connectivity index (χ2n) is 26.1. The van der Waals surface area contributed by atoms with Gasteiger partial charge in [0.15, 0.2) is 35.5 Å². The molecule has 17 unspecified atom stereocenters. The highest BCUT2D eigenvalue weighted by Crippen LogP contribution is 2.50. The molecule has 0 aromatic heterocycles. The molecule has 9 bridgehead atoms. The third-order valence-corrected chi connectivity index (χ3v) is 18.6. The van der Waals surface area contributed by atoms with Crippen molar-refractivity contribution in [2.75, 3.05) is 13.7 Å². The van der Waals surface area contributed by atoms with Crippen molar-refractivity contribution in [1.29, 1.82) is 0 Å². The fourth-order valence-electron chi connectivity index (χ4n) is 12.7. The van der Waals surface area contributed by atoms with Gasteiger partial charge in [0, 0.05) is 59.9 Å². The van der Waals surface area contributed by atoms with E-state index in [9.17, 15) is 74.7 Å². The number of aliphatic hydroxyl groups excluding tert-OH is 6. The second kappa shape index (κ2) is 32.2. The number of benzene rings is 5. The van der Waals surface area contributed by atoms with E-state index in [1.807, 2.05) is 13.8 Å². The molecular formula is C69H80Cl2N6O24. The molecule has 0 radical (unpaired) electrons. The molecule has 101 heavy (non-hydrogen) atoms. The highest BCUT2D eigenvalue weighted by atomic mass is 35.5. The number of Topliss-reactive ketones (excluding diaryl/α,β-unsaturated/α-hetero) is 3. The largest absolute Gasteiger partial charge is 0.508 e. The molecule has 11 rings (SSSR count). The van der Waals surface area contributed by atoms with Crippen molar-refractivity contribution in [2.45, 2.75) is 170 Å². The first-order chi connectivity index (χ1) is 47.7. The molecule has 2 saturated heterocycles. The number of likely N-dealkylation sites (N-methyl/N-ethyl adjacent to an activating group) is 1. The van der Waals surface area contributed by atoms with E-state index in [2.05, 4.69) is 21.3 Å². The van der Waals surface area contributed by atoms with Crippen LogP contribution < -0.4 is 46.9 Å². The summed E-state index contributed by atoms with van der Waals surface area (Å²) in [5.74, 6) is -14.8. The number of nitrogens with one attached hydrogen (secondary N) is 4. The highest BCUT2D eigenvalue weighted by Gasteiger charge is 2.51. The van der Waals surface area contributed by atoms with Crippen molar-refractivity contribution in [1.82, 2.24) is 21.3 Å². The summed E-state index contributed by atoms with van der Waals surface area (Å²) in [5.41, 5.74) is 9.30. The van der Waals surface area contributed by atoms with Gasteiger partial charge in [0.2, 0.25) is 41.9 Å². The van der Waals surface area contributed by atoms with E-state index in [4.69, 9.17) is 67.8 Å². The predicted octanol–water partition coefficient (Wildman–Crippen LogP) is 3.61. The lowest BCUT2D eigenvalue weighted by Crippen LogP contribution is -2.64. The fraction of sp³-hybridized carbons (Fsp3) is 0.449. The monoisotopic (exact) mass is 1450 g/mol. The summed E-state index contributed by atoms with van der Waals surface area (Å²) in [6.07, 6.45) is -22.1. The lowest BCUT2D eigenvalue weighted by atomic mass is 9.84. The first-order valence-corrected chi connectivity index (χ1v) is 32.9. The molecule has 6 aliphatic heterocycles. The van der Waals surface area contributed by atoms with Crippen LogP contribution in [0.5, 0.6) is 46.0 Å². The van der Waals surface area contributed by atoms with Gasteiger partial charge in [-0.3, -0.25) is 38.4 Å². The van der Waals surface area contributed by atoms with Crippen molar-refractivity contribution < 1.29 is 117 Å². The first kappa shape index (κ1) is 76.6. The number of primary amides is 1. The van der Waals surface area contributed by atoms with Gasteiger partial charge in [-0.15, -0.1) is 0 Å². The zero-order chi connectivity index (χ0) is 73.8. The zero-order valence-electron chi connectivity index (χ0n) is 55.4. The maximum Gasteiger partial charge on any atom is 0.295 e. The highest BCUT2D eigenvalue weighted by molar-refractivity contribution is 6.32. The summed E-state index contributed by atoms with van der Waals surface area (Å²) in [5, 5.41) is 113. The number of aromatic hydroxyl groups is 3. The quantitative estimate of drug-likeness (QED) is 0.0666. The van der Waals surface area contributed by atoms with Crippen LogP contribution in [0.4, 0.5) is 0 Å². The minimum absolute atomic E-state index is 0.0477. The number of phenols is 3. The average Bonchev–Trinajstić information content (AvgIpc) is 0.775. The Bertz CT molecular complexity index is 3970. The van der Waals surface area contributed by atoms with Crippen LogP contribution in [0.2, 0.25) is 10.0 Å². The second-order valence-corrected chi connectivity index (χ2v) is 26.9. The Hall–Kier alpha value is -8.60. The summed E-state index contributed by atoms with van der Waals surface area (Å²) in [6, 6.07) is 9.93. The van der Waals surface area contributed by atoms with E-state index in [1.165, 1.54) is 69.4 Å². The van der Waals surface area contributed by atoms with Gasteiger partial charge in [-0.1, -0.05) is 55.2 Å². The van der Waals surface area contributed by atoms with Crippen LogP contribution in [0.25, 0.3) is 11.1 Å². The van der Waals surface area contributed by atoms with Crippen LogP contribution in [-0.4, -0.2) is 174 Å². The zero-order valence-corrected chi connectivity index (χ0v) is 56.9. The van der Waals surface area contributed by atoms with Gasteiger partial charge in [0.1, 0.15) is 71.0 Å². The molecule has 4 amide bonds. The van der Waals surface area contributed by atoms with Gasteiger partial charge in [-0.25, -0.2) is 0 Å². The molecule has 6 aliphatic rings. The van der Waals surface area contributed by atoms with E-state index in [0.717, 1.165) is 37.3 Å². The Morgan fingerprint density at radius 2 is 1.44 bits per heavy atom. The number of carbonyl (C=O) groups excluding carboxylic acids is 8. The molecule has 5 aromatic rings. The summed E-state index contributed by atoms with van der Waals surface area (Å²) < 4.78 is 43.8. The molecule has 17 atom stereocenters. The number of ketones is 3. The van der Waals surface area contributed by atoms with Crippen LogP contribution in [-0.2, 0) is 57.3 Å². The topological polar surface area (TPSA) is 483 Å². The van der Waals surface area contributed by atoms with E-state index >= 15 is 9.59 Å². The van der Waals surface area contributed by atoms with Gasteiger partial charge in [-0.05, 0) is 117 Å². The van der Waals surface area contributed by atoms with Crippen LogP contribution in [0.1, 0.15) is 131 Å². The summed E-state index contributed by atoms with van der Waals surface area (Å²) in [6.45, 7) is 6.78. The molecule has 17 N–H and O–H groups in total. The Morgan fingerprint density at radius 3 is 2.03 bits per heavy atom. The van der Waals surface area contributed by atoms with Crippen LogP contribution in [0, 0.1) is 11.8 Å². The van der Waals surface area contributed by atoms with Crippen molar-refractivity contribution in [3.8, 4) is 57.1 Å². The SMILES string of the molecule is CNC(CC(C)C)C(=O)NC1C(=O)CC(CC(N)=O)C(=O)NC2C(=O)CC(C(C)=O)c3ccc(O)c(c3)-c3c(O)cc(O)cc3C(OC=O)NC(=O)CC(O)c3ccc(c(Cl)c3)Oc3cc2cc(c3OC2OC(CO)C(O)C(O)C2OC2CC(C)(N)C(O)C(C)O2)Oc2ccc(cc2Cl)C1O. The number of halogens is 2. The van der Waals surface area contributed by atoms with Gasteiger partial charge < -0.3 is 112 Å². The third-order valence-electron chi connectivity index (χ3n) is 18.0. The summed E-state index contributed by atoms with van der Waals surface area (Å²) in [4.78, 5) is 114. The lowest BCUT2D eigenvalue weighted by Gasteiger charge is -2.47. The first-order valence-electron chi connectivity index (χ1n) is 32.2. The normalized spacial score (nSPS) is 28.4. The Balaban J connectivity index is 1.32. The standard InChI is InChI=1S/C69H80Cl2N6O24/c1-28(2)13-42(74-6)66(94)77-58-46(85)17-35(20-53(72)87)65(93)76-57-34-18-50(62(51(19-34)98-49-12-9-33(59(58)89)16-41(49)71)101-68-63(61(91)60(90)52(26-78)99-68)100-55-25-69(5,73)64(92)30(4)96-55)97-48-11-8-32(15-40(48)70)44(83)24-54(88)75-67(95-27-79)39-21-36(81)22-45(84)56(39)38-14-31(7-10-43(38)82)37(29(3)80)23-47(57)86/h7-12,14-16,18-19,21-22,27-28,30,35,37,42,44,52,55,57-61,63-64,67-68,74,78,81-84,89-92H,13,17,20,23-26,73H2,1-6H3,(H2,72,87)(H,75,88)(H,76,93)(H,77,94). The van der Waals surface area contributed by atoms with Gasteiger partial charge in [0.25, 0.3) is 6.47 Å². The molecule has 0 aliphatic carbocycles. The van der Waals surface area contributed by atoms with Gasteiger partial charge in [-0.2, -0.15) is 0 Å². The molecule has 0 saturated carbocycles. The van der Waals surface area contributed by atoms with Gasteiger partial charge in [0.05, 0.1) is 53.3 Å². The number of fused-ring (bicyclic) bond motifs is 16. The van der Waals surface area contributed by atoms with Crippen LogP contribution >= 0.6 is 23.2 Å². The number of hydrogen-bond donors (Lipinski definition) is 15. The number of aliphatic hydroxyl groups is 6. The minimum atomic E-state index is -2.10. The lowest BCUT2D eigenvalue weighted by molar-refractivity contribution is -0.333. The van der Waals surface area contributed by atoms with E-state index < -0.39 is 211 Å². The molecule has 32 heteroatoms. The van der Waals surface area contributed by atoms with Crippen LogP contribution in [0.3, 0.4) is 0 Å². The van der Waals surface area contributed by atoms with Crippen molar-refractivity contribution >= 4 is 70.7 Å². The summed E-state index contributed by atoms with van der Waals surface area (Å²) in [7, 11) is 1.50. The van der Waals surface area contributed by atoms with Crippen LogP contribution in [0.15, 0.2) is 78.9 Å². The van der Waals surface area contributed by atoms with E-state index in [1.54, 1.807) is 0 Å². The van der Waals surface area contributed by atoms with Crippen molar-refractivity contribution in [2.24, 2.45) is 23.3 Å². The number of carbonyl (C=O) groups is 8. The van der Waals surface area contributed by atoms with E-state index in [0.29, 0.717) is 0 Å². The maximum absolute atomic E-state index is 16.0. The molecule has 6 heterocycles. The molecule has 30 nitrogen and oxygen atoms in total. The smallest absolute Gasteiger partial charge is 0.295 e. The molecule has 2 fully saturated rings. The number of nitrogens with two attached hydrogens (primary N) is 2. The average molecular weight is 1450 g/mol. The third kappa shape index (κ3) is 17.5.